The Kier molecular flexibility index (Phi) is 4.93. The molecule has 2 amide bonds. The second kappa shape index (κ2) is 7.29. The van der Waals surface area contributed by atoms with Gasteiger partial charge in [0, 0.05) is 35.1 Å². The van der Waals surface area contributed by atoms with E-state index in [1.54, 1.807) is 18.3 Å². The summed E-state index contributed by atoms with van der Waals surface area (Å²) >= 11 is 7.19. The number of carbonyl (C=O) groups is 1. The summed E-state index contributed by atoms with van der Waals surface area (Å²) in [4.78, 5) is 21.1. The lowest BCUT2D eigenvalue weighted by atomic mass is 10.1. The van der Waals surface area contributed by atoms with Crippen LogP contribution in [0, 0.1) is 0 Å². The van der Waals surface area contributed by atoms with Crippen molar-refractivity contribution in [1.29, 1.82) is 0 Å². The monoisotopic (exact) mass is 359 g/mol. The first kappa shape index (κ1) is 16.2. The van der Waals surface area contributed by atoms with Crippen molar-refractivity contribution in [3.63, 3.8) is 0 Å². The number of carbonyl (C=O) groups excluding carboxylic acids is 1. The Morgan fingerprint density at radius 1 is 1.21 bits per heavy atom. The maximum atomic E-state index is 12.0. The van der Waals surface area contributed by atoms with Crippen LogP contribution in [-0.2, 0) is 6.42 Å². The van der Waals surface area contributed by atoms with E-state index < -0.39 is 0 Å². The largest absolute Gasteiger partial charge is 0.399 e. The van der Waals surface area contributed by atoms with Gasteiger partial charge in [-0.25, -0.2) is 14.8 Å². The summed E-state index contributed by atoms with van der Waals surface area (Å²) in [7, 11) is 0. The minimum Gasteiger partial charge on any atom is -0.399 e. The topological polar surface area (TPSA) is 92.9 Å². The Hall–Kier alpha value is -2.64. The van der Waals surface area contributed by atoms with Gasteiger partial charge in [0.05, 0.1) is 0 Å². The van der Waals surface area contributed by atoms with Gasteiger partial charge < -0.3 is 11.1 Å². The van der Waals surface area contributed by atoms with E-state index in [0.717, 1.165) is 16.1 Å². The molecule has 0 aliphatic heterocycles. The summed E-state index contributed by atoms with van der Waals surface area (Å²) in [5, 5.41) is 6.20. The summed E-state index contributed by atoms with van der Waals surface area (Å²) in [5.74, 6) is 0. The van der Waals surface area contributed by atoms with Crippen molar-refractivity contribution in [2.24, 2.45) is 0 Å². The molecule has 0 saturated carbocycles. The summed E-state index contributed by atoms with van der Waals surface area (Å²) in [6.45, 7) is 0. The number of aromatic nitrogens is 2. The van der Waals surface area contributed by atoms with Gasteiger partial charge >= 0.3 is 6.03 Å². The van der Waals surface area contributed by atoms with E-state index in [9.17, 15) is 4.79 Å². The Morgan fingerprint density at radius 2 is 2.08 bits per heavy atom. The maximum absolute atomic E-state index is 12.0. The van der Waals surface area contributed by atoms with Crippen LogP contribution in [0.1, 0.15) is 10.4 Å². The Bertz CT molecular complexity index is 867. The standard InChI is InChI=1S/C16H14ClN5OS/c17-14-8-12(4-5-19-14)21-15(23)22-16-20-9-13(24-16)7-10-2-1-3-11(18)6-10/h1-6,8-9H,7,18H2,(H2,19,20,21,22,23). The molecule has 0 bridgehead atoms. The minimum absolute atomic E-state index is 0.312. The van der Waals surface area contributed by atoms with Gasteiger partial charge in [0.25, 0.3) is 0 Å². The normalized spacial score (nSPS) is 10.4. The number of nitrogen functional groups attached to an aromatic ring is 1. The van der Waals surface area contributed by atoms with E-state index in [2.05, 4.69) is 20.6 Å². The van der Waals surface area contributed by atoms with Crippen LogP contribution in [-0.4, -0.2) is 16.0 Å². The third-order valence-electron chi connectivity index (χ3n) is 3.09. The SMILES string of the molecule is Nc1cccc(Cc2cnc(NC(=O)Nc3ccnc(Cl)c3)s2)c1. The van der Waals surface area contributed by atoms with Crippen LogP contribution >= 0.6 is 22.9 Å². The molecular formula is C16H14ClN5OS. The molecule has 0 spiro atoms. The highest BCUT2D eigenvalue weighted by atomic mass is 35.5. The second-order valence-electron chi connectivity index (χ2n) is 5.00. The van der Waals surface area contributed by atoms with E-state index >= 15 is 0 Å². The lowest BCUT2D eigenvalue weighted by Gasteiger charge is -2.05. The molecule has 0 aliphatic carbocycles. The van der Waals surface area contributed by atoms with E-state index in [4.69, 9.17) is 17.3 Å². The fraction of sp³-hybridized carbons (Fsp3) is 0.0625. The van der Waals surface area contributed by atoms with Crippen LogP contribution in [0.15, 0.2) is 48.8 Å². The van der Waals surface area contributed by atoms with Crippen molar-refractivity contribution in [1.82, 2.24) is 9.97 Å². The van der Waals surface area contributed by atoms with Crippen LogP contribution in [0.4, 0.5) is 21.3 Å². The molecule has 6 nitrogen and oxygen atoms in total. The fourth-order valence-electron chi connectivity index (χ4n) is 2.09. The molecule has 3 aromatic rings. The quantitative estimate of drug-likeness (QED) is 0.484. The van der Waals surface area contributed by atoms with Crippen molar-refractivity contribution in [2.45, 2.75) is 6.42 Å². The summed E-state index contributed by atoms with van der Waals surface area (Å²) in [6, 6.07) is 10.5. The third-order valence-corrected chi connectivity index (χ3v) is 4.21. The molecule has 3 rings (SSSR count). The highest BCUT2D eigenvalue weighted by Gasteiger charge is 2.08. The van der Waals surface area contributed by atoms with Gasteiger partial charge in [-0.15, -0.1) is 11.3 Å². The van der Waals surface area contributed by atoms with Gasteiger partial charge in [-0.05, 0) is 29.8 Å². The van der Waals surface area contributed by atoms with Crippen molar-refractivity contribution in [3.05, 3.63) is 64.4 Å². The number of benzene rings is 1. The van der Waals surface area contributed by atoms with E-state index in [-0.39, 0.29) is 6.03 Å². The van der Waals surface area contributed by atoms with Gasteiger partial charge in [0.15, 0.2) is 5.13 Å². The molecule has 0 aliphatic rings. The second-order valence-corrected chi connectivity index (χ2v) is 6.50. The highest BCUT2D eigenvalue weighted by Crippen LogP contribution is 2.22. The average molecular weight is 360 g/mol. The van der Waals surface area contributed by atoms with Gasteiger partial charge in [-0.2, -0.15) is 0 Å². The first-order valence-corrected chi connectivity index (χ1v) is 8.26. The van der Waals surface area contributed by atoms with Crippen molar-refractivity contribution >= 4 is 45.5 Å². The molecule has 0 unspecified atom stereocenters. The molecule has 1 aromatic carbocycles. The number of thiazole rings is 1. The zero-order valence-corrected chi connectivity index (χ0v) is 14.1. The molecule has 8 heteroatoms. The third kappa shape index (κ3) is 4.43. The number of nitrogens with one attached hydrogen (secondary N) is 2. The van der Waals surface area contributed by atoms with Gasteiger partial charge in [-0.3, -0.25) is 5.32 Å². The maximum Gasteiger partial charge on any atom is 0.325 e. The van der Waals surface area contributed by atoms with E-state index in [1.165, 1.54) is 17.5 Å². The number of anilines is 3. The molecule has 24 heavy (non-hydrogen) atoms. The first-order chi connectivity index (χ1) is 11.6. The highest BCUT2D eigenvalue weighted by molar-refractivity contribution is 7.15. The molecular weight excluding hydrogens is 346 g/mol. The van der Waals surface area contributed by atoms with Gasteiger partial charge in [0.1, 0.15) is 5.15 Å². The average Bonchev–Trinajstić information content (AvgIpc) is 2.94. The fourth-order valence-corrected chi connectivity index (χ4v) is 3.11. The Morgan fingerprint density at radius 3 is 2.88 bits per heavy atom. The number of halogens is 1. The first-order valence-electron chi connectivity index (χ1n) is 7.07. The van der Waals surface area contributed by atoms with Crippen LogP contribution in [0.2, 0.25) is 5.15 Å². The molecule has 0 atom stereocenters. The zero-order chi connectivity index (χ0) is 16.9. The van der Waals surface area contributed by atoms with Crippen LogP contribution in [0.3, 0.4) is 0 Å². The number of amides is 2. The summed E-state index contributed by atoms with van der Waals surface area (Å²) in [6.07, 6.45) is 3.98. The molecule has 0 radical (unpaired) electrons. The summed E-state index contributed by atoms with van der Waals surface area (Å²) in [5.41, 5.74) is 8.16. The molecule has 0 saturated heterocycles. The number of nitrogens with two attached hydrogens (primary N) is 1. The minimum atomic E-state index is -0.387. The number of hydrogen-bond donors (Lipinski definition) is 3. The van der Waals surface area contributed by atoms with Crippen molar-refractivity contribution in [3.8, 4) is 0 Å². The molecule has 2 heterocycles. The van der Waals surface area contributed by atoms with Crippen LogP contribution in [0.25, 0.3) is 0 Å². The Labute approximate surface area is 147 Å². The van der Waals surface area contributed by atoms with Crippen molar-refractivity contribution in [2.75, 3.05) is 16.4 Å². The molecule has 2 aromatic heterocycles. The number of nitrogens with zero attached hydrogens (tertiary/aromatic N) is 2. The predicted octanol–water partition coefficient (Wildman–Crippen LogP) is 4.01. The van der Waals surface area contributed by atoms with E-state index in [0.29, 0.717) is 22.4 Å². The Balaban J connectivity index is 1.60. The molecule has 4 N–H and O–H groups in total. The van der Waals surface area contributed by atoms with Gasteiger partial charge in [-0.1, -0.05) is 23.7 Å². The lowest BCUT2D eigenvalue weighted by molar-refractivity contribution is 0.262. The predicted molar refractivity (Wildman–Crippen MR) is 97.7 cm³/mol. The van der Waals surface area contributed by atoms with Gasteiger partial charge in [0.2, 0.25) is 0 Å². The summed E-state index contributed by atoms with van der Waals surface area (Å²) < 4.78 is 0. The smallest absolute Gasteiger partial charge is 0.325 e. The number of hydrogen-bond acceptors (Lipinski definition) is 5. The number of rotatable bonds is 4. The van der Waals surface area contributed by atoms with Crippen LogP contribution in [0.5, 0.6) is 0 Å². The lowest BCUT2D eigenvalue weighted by Crippen LogP contribution is -2.19. The van der Waals surface area contributed by atoms with Crippen molar-refractivity contribution < 1.29 is 4.79 Å². The zero-order valence-electron chi connectivity index (χ0n) is 12.5. The number of pyridine rings is 1. The van der Waals surface area contributed by atoms with E-state index in [1.807, 2.05) is 24.3 Å². The number of urea groups is 1. The van der Waals surface area contributed by atoms with Crippen LogP contribution < -0.4 is 16.4 Å². The molecule has 0 fully saturated rings. The molecule has 122 valence electrons.